The number of thioether (sulfide) groups is 1. The van der Waals surface area contributed by atoms with E-state index in [-0.39, 0.29) is 5.91 Å². The van der Waals surface area contributed by atoms with Crippen molar-refractivity contribution in [3.05, 3.63) is 35.4 Å². The lowest BCUT2D eigenvalue weighted by Crippen LogP contribution is -2.31. The van der Waals surface area contributed by atoms with Crippen molar-refractivity contribution >= 4 is 17.7 Å². The maximum atomic E-state index is 11.8. The second kappa shape index (κ2) is 7.59. The van der Waals surface area contributed by atoms with Crippen LogP contribution in [0.1, 0.15) is 36.8 Å². The van der Waals surface area contributed by atoms with Crippen LogP contribution >= 0.6 is 11.8 Å². The molecule has 0 aliphatic heterocycles. The number of aryl methyl sites for hydroxylation is 1. The molecule has 1 N–H and O–H groups in total. The Morgan fingerprint density at radius 2 is 1.95 bits per heavy atom. The maximum absolute atomic E-state index is 11.8. The third-order valence-electron chi connectivity index (χ3n) is 3.66. The van der Waals surface area contributed by atoms with Gasteiger partial charge in [0.05, 0.1) is 0 Å². The van der Waals surface area contributed by atoms with E-state index in [1.165, 1.54) is 24.0 Å². The van der Waals surface area contributed by atoms with Crippen LogP contribution in [0.5, 0.6) is 0 Å². The van der Waals surface area contributed by atoms with Gasteiger partial charge in [0, 0.05) is 24.0 Å². The van der Waals surface area contributed by atoms with Crippen molar-refractivity contribution in [3.8, 4) is 0 Å². The molecule has 0 unspecified atom stereocenters. The molecule has 19 heavy (non-hydrogen) atoms. The molecular formula is C16H23NOS. The van der Waals surface area contributed by atoms with E-state index in [1.807, 2.05) is 11.8 Å². The van der Waals surface area contributed by atoms with Crippen molar-refractivity contribution in [3.63, 3.8) is 0 Å². The van der Waals surface area contributed by atoms with Gasteiger partial charge in [-0.05, 0) is 25.3 Å². The van der Waals surface area contributed by atoms with Gasteiger partial charge in [-0.1, -0.05) is 42.7 Å². The maximum Gasteiger partial charge on any atom is 0.223 e. The monoisotopic (exact) mass is 277 g/mol. The predicted molar refractivity (Wildman–Crippen MR) is 82.3 cm³/mol. The van der Waals surface area contributed by atoms with Crippen LogP contribution in [-0.4, -0.2) is 18.2 Å². The molecule has 1 aromatic carbocycles. The summed E-state index contributed by atoms with van der Waals surface area (Å²) in [5.74, 6) is 2.59. The van der Waals surface area contributed by atoms with Crippen LogP contribution in [-0.2, 0) is 10.5 Å². The summed E-state index contributed by atoms with van der Waals surface area (Å²) in [7, 11) is 0. The van der Waals surface area contributed by atoms with E-state index in [2.05, 4.69) is 36.5 Å². The minimum absolute atomic E-state index is 0.272. The number of rotatable bonds is 6. The number of hydrogen-bond acceptors (Lipinski definition) is 2. The Morgan fingerprint density at radius 3 is 2.63 bits per heavy atom. The van der Waals surface area contributed by atoms with E-state index < -0.39 is 0 Å². The molecule has 0 radical (unpaired) electrons. The third-order valence-corrected chi connectivity index (χ3v) is 4.69. The molecule has 3 heteroatoms. The number of nitrogens with one attached hydrogen (secondary N) is 1. The second-order valence-electron chi connectivity index (χ2n) is 5.31. The quantitative estimate of drug-likeness (QED) is 0.806. The highest BCUT2D eigenvalue weighted by Crippen LogP contribution is 2.24. The van der Waals surface area contributed by atoms with Gasteiger partial charge in [0.2, 0.25) is 5.91 Å². The molecule has 0 spiro atoms. The van der Waals surface area contributed by atoms with Crippen LogP contribution < -0.4 is 5.32 Å². The average molecular weight is 277 g/mol. The Balaban J connectivity index is 1.56. The van der Waals surface area contributed by atoms with Gasteiger partial charge >= 0.3 is 0 Å². The highest BCUT2D eigenvalue weighted by atomic mass is 32.2. The molecule has 2 rings (SSSR count). The molecule has 104 valence electrons. The SMILES string of the molecule is Cc1ccc(CSCCNC(=O)C2CCCC2)cc1. The standard InChI is InChI=1S/C16H23NOS/c1-13-6-8-14(9-7-13)12-19-11-10-17-16(18)15-4-2-3-5-15/h6-9,15H,2-5,10-12H2,1H3,(H,17,18). The summed E-state index contributed by atoms with van der Waals surface area (Å²) in [5.41, 5.74) is 2.66. The second-order valence-corrected chi connectivity index (χ2v) is 6.42. The van der Waals surface area contributed by atoms with Crippen LogP contribution in [0.15, 0.2) is 24.3 Å². The lowest BCUT2D eigenvalue weighted by atomic mass is 10.1. The fourth-order valence-corrected chi connectivity index (χ4v) is 3.27. The van der Waals surface area contributed by atoms with Crippen molar-refractivity contribution in [2.45, 2.75) is 38.4 Å². The Labute approximate surface area is 120 Å². The van der Waals surface area contributed by atoms with Gasteiger partial charge in [-0.15, -0.1) is 0 Å². The van der Waals surface area contributed by atoms with Gasteiger partial charge in [-0.2, -0.15) is 11.8 Å². The van der Waals surface area contributed by atoms with E-state index >= 15 is 0 Å². The minimum Gasteiger partial charge on any atom is -0.355 e. The topological polar surface area (TPSA) is 29.1 Å². The molecule has 1 aromatic rings. The molecule has 0 bridgehead atoms. The van der Waals surface area contributed by atoms with E-state index in [0.29, 0.717) is 5.92 Å². The molecule has 1 amide bonds. The number of amides is 1. The molecule has 0 aromatic heterocycles. The average Bonchev–Trinajstić information content (AvgIpc) is 2.94. The fourth-order valence-electron chi connectivity index (χ4n) is 2.45. The molecular weight excluding hydrogens is 254 g/mol. The molecule has 2 nitrogen and oxygen atoms in total. The number of carbonyl (C=O) groups excluding carboxylic acids is 1. The van der Waals surface area contributed by atoms with E-state index in [9.17, 15) is 4.79 Å². The largest absolute Gasteiger partial charge is 0.355 e. The smallest absolute Gasteiger partial charge is 0.223 e. The van der Waals surface area contributed by atoms with Crippen molar-refractivity contribution < 1.29 is 4.79 Å². The van der Waals surface area contributed by atoms with Crippen LogP contribution in [0.3, 0.4) is 0 Å². The number of carbonyl (C=O) groups is 1. The summed E-state index contributed by atoms with van der Waals surface area (Å²) in [6.45, 7) is 2.90. The molecule has 1 saturated carbocycles. The summed E-state index contributed by atoms with van der Waals surface area (Å²) in [5, 5.41) is 3.06. The lowest BCUT2D eigenvalue weighted by molar-refractivity contribution is -0.124. The zero-order chi connectivity index (χ0) is 13.5. The van der Waals surface area contributed by atoms with Crippen LogP contribution in [0.2, 0.25) is 0 Å². The number of hydrogen-bond donors (Lipinski definition) is 1. The molecule has 1 aliphatic carbocycles. The summed E-state index contributed by atoms with van der Waals surface area (Å²) in [6, 6.07) is 8.66. The van der Waals surface area contributed by atoms with Crippen LogP contribution in [0.25, 0.3) is 0 Å². The first-order chi connectivity index (χ1) is 9.25. The van der Waals surface area contributed by atoms with Crippen molar-refractivity contribution in [2.75, 3.05) is 12.3 Å². The minimum atomic E-state index is 0.272. The fraction of sp³-hybridized carbons (Fsp3) is 0.562. The van der Waals surface area contributed by atoms with Gasteiger partial charge in [0.25, 0.3) is 0 Å². The summed E-state index contributed by atoms with van der Waals surface area (Å²) < 4.78 is 0. The van der Waals surface area contributed by atoms with Crippen molar-refractivity contribution in [2.24, 2.45) is 5.92 Å². The number of benzene rings is 1. The first-order valence-corrected chi connectivity index (χ1v) is 8.32. The van der Waals surface area contributed by atoms with Gasteiger partial charge < -0.3 is 5.32 Å². The highest BCUT2D eigenvalue weighted by molar-refractivity contribution is 7.98. The molecule has 0 heterocycles. The van der Waals surface area contributed by atoms with Crippen LogP contribution in [0, 0.1) is 12.8 Å². The van der Waals surface area contributed by atoms with E-state index in [1.54, 1.807) is 0 Å². The summed E-state index contributed by atoms with van der Waals surface area (Å²) in [4.78, 5) is 11.8. The van der Waals surface area contributed by atoms with Gasteiger partial charge in [-0.25, -0.2) is 0 Å². The van der Waals surface area contributed by atoms with E-state index in [0.717, 1.165) is 30.9 Å². The normalized spacial score (nSPS) is 15.6. The first-order valence-electron chi connectivity index (χ1n) is 7.17. The Kier molecular flexibility index (Phi) is 5.77. The van der Waals surface area contributed by atoms with Crippen molar-refractivity contribution in [1.29, 1.82) is 0 Å². The zero-order valence-corrected chi connectivity index (χ0v) is 12.5. The summed E-state index contributed by atoms with van der Waals surface area (Å²) in [6.07, 6.45) is 4.62. The van der Waals surface area contributed by atoms with Gasteiger partial charge in [-0.3, -0.25) is 4.79 Å². The molecule has 0 atom stereocenters. The third kappa shape index (κ3) is 4.90. The highest BCUT2D eigenvalue weighted by Gasteiger charge is 2.21. The van der Waals surface area contributed by atoms with Gasteiger partial charge in [0.15, 0.2) is 0 Å². The molecule has 1 fully saturated rings. The van der Waals surface area contributed by atoms with Gasteiger partial charge in [0.1, 0.15) is 0 Å². The summed E-state index contributed by atoms with van der Waals surface area (Å²) >= 11 is 1.88. The Bertz CT molecular complexity index is 396. The zero-order valence-electron chi connectivity index (χ0n) is 11.7. The first kappa shape index (κ1) is 14.4. The lowest BCUT2D eigenvalue weighted by Gasteiger charge is -2.10. The van der Waals surface area contributed by atoms with Crippen molar-refractivity contribution in [1.82, 2.24) is 5.32 Å². The van der Waals surface area contributed by atoms with E-state index in [4.69, 9.17) is 0 Å². The molecule has 1 aliphatic rings. The molecule has 0 saturated heterocycles. The van der Waals surface area contributed by atoms with Crippen LogP contribution in [0.4, 0.5) is 0 Å². The Morgan fingerprint density at radius 1 is 1.26 bits per heavy atom. The Hall–Kier alpha value is -0.960. The predicted octanol–water partition coefficient (Wildman–Crippen LogP) is 3.53.